The van der Waals surface area contributed by atoms with Crippen molar-refractivity contribution in [1.82, 2.24) is 0 Å². The summed E-state index contributed by atoms with van der Waals surface area (Å²) < 4.78 is 18.9. The Labute approximate surface area is 167 Å². The molecule has 0 aromatic heterocycles. The van der Waals surface area contributed by atoms with Gasteiger partial charge in [0, 0.05) is 15.6 Å². The molecule has 5 nitrogen and oxygen atoms in total. The van der Waals surface area contributed by atoms with Gasteiger partial charge in [0.05, 0.1) is 13.2 Å². The van der Waals surface area contributed by atoms with Gasteiger partial charge in [0.25, 0.3) is 0 Å². The Kier molecular flexibility index (Phi) is 4.43. The molecule has 142 valence electrons. The van der Waals surface area contributed by atoms with Crippen LogP contribution in [-0.4, -0.2) is 25.7 Å². The molecule has 1 spiro atoms. The first-order valence-corrected chi connectivity index (χ1v) is 9.73. The van der Waals surface area contributed by atoms with Gasteiger partial charge < -0.3 is 19.9 Å². The summed E-state index contributed by atoms with van der Waals surface area (Å²) in [4.78, 5) is 4.86. The molecule has 2 aliphatic heterocycles. The summed E-state index contributed by atoms with van der Waals surface area (Å²) in [5, 5.41) is 0. The standard InChI is InChI=1S/C21H23BrN2O3/c1-20(2,3)11-26-14-5-7-18-16(9-14)21(12-25-10-19(23)24-21)15-8-13(22)4-6-17(15)27-18/h4-9H,10-12H2,1-3H3,(H2,23,24)/t21-/m0/s1. The van der Waals surface area contributed by atoms with Gasteiger partial charge in [-0.2, -0.15) is 0 Å². The second-order valence-electron chi connectivity index (χ2n) is 8.21. The quantitative estimate of drug-likeness (QED) is 0.754. The van der Waals surface area contributed by atoms with E-state index in [1.54, 1.807) is 0 Å². The van der Waals surface area contributed by atoms with Crippen molar-refractivity contribution < 1.29 is 14.2 Å². The Morgan fingerprint density at radius 1 is 1.15 bits per heavy atom. The molecule has 1 atom stereocenters. The lowest BCUT2D eigenvalue weighted by Gasteiger charge is -2.39. The molecule has 0 fully saturated rings. The largest absolute Gasteiger partial charge is 0.493 e. The van der Waals surface area contributed by atoms with E-state index in [0.29, 0.717) is 25.7 Å². The number of nitrogens with zero attached hydrogens (tertiary/aromatic N) is 1. The van der Waals surface area contributed by atoms with E-state index in [1.807, 2.05) is 36.4 Å². The van der Waals surface area contributed by atoms with Crippen LogP contribution in [0.25, 0.3) is 0 Å². The third-order valence-electron chi connectivity index (χ3n) is 4.57. The van der Waals surface area contributed by atoms with Crippen molar-refractivity contribution in [1.29, 1.82) is 0 Å². The average molecular weight is 431 g/mol. The van der Waals surface area contributed by atoms with Crippen molar-refractivity contribution in [2.45, 2.75) is 26.3 Å². The number of rotatable bonds is 2. The number of fused-ring (bicyclic) bond motifs is 4. The van der Waals surface area contributed by atoms with Crippen molar-refractivity contribution in [3.63, 3.8) is 0 Å². The summed E-state index contributed by atoms with van der Waals surface area (Å²) in [5.41, 5.74) is 7.25. The van der Waals surface area contributed by atoms with Crippen LogP contribution in [0.15, 0.2) is 45.9 Å². The van der Waals surface area contributed by atoms with Gasteiger partial charge in [-0.25, -0.2) is 0 Å². The van der Waals surface area contributed by atoms with Crippen LogP contribution in [0.3, 0.4) is 0 Å². The minimum absolute atomic E-state index is 0.0675. The Hall–Kier alpha value is -2.05. The SMILES string of the molecule is CC(C)(C)COc1ccc2c(c1)[C@]1(COCC(N)=N1)c1cc(Br)ccc1O2. The molecule has 4 rings (SSSR count). The zero-order valence-corrected chi connectivity index (χ0v) is 17.3. The van der Waals surface area contributed by atoms with Gasteiger partial charge in [-0.3, -0.25) is 4.99 Å². The van der Waals surface area contributed by atoms with Crippen LogP contribution in [0.2, 0.25) is 0 Å². The highest BCUT2D eigenvalue weighted by molar-refractivity contribution is 9.10. The number of nitrogens with two attached hydrogens (primary N) is 1. The minimum Gasteiger partial charge on any atom is -0.493 e. The van der Waals surface area contributed by atoms with Crippen LogP contribution in [0.5, 0.6) is 17.2 Å². The van der Waals surface area contributed by atoms with E-state index in [-0.39, 0.29) is 5.41 Å². The van der Waals surface area contributed by atoms with E-state index in [9.17, 15) is 0 Å². The molecule has 0 radical (unpaired) electrons. The number of amidine groups is 1. The van der Waals surface area contributed by atoms with E-state index in [4.69, 9.17) is 24.9 Å². The number of hydrogen-bond donors (Lipinski definition) is 1. The monoisotopic (exact) mass is 430 g/mol. The summed E-state index contributed by atoms with van der Waals surface area (Å²) in [6.07, 6.45) is 0. The van der Waals surface area contributed by atoms with Gasteiger partial charge >= 0.3 is 0 Å². The lowest BCUT2D eigenvalue weighted by Crippen LogP contribution is -2.42. The van der Waals surface area contributed by atoms with Gasteiger partial charge in [-0.05, 0) is 41.8 Å². The lowest BCUT2D eigenvalue weighted by molar-refractivity contribution is 0.109. The summed E-state index contributed by atoms with van der Waals surface area (Å²) in [6, 6.07) is 11.8. The number of aliphatic imine (C=N–C) groups is 1. The van der Waals surface area contributed by atoms with Crippen molar-refractivity contribution in [2.24, 2.45) is 16.1 Å². The Balaban J connectivity index is 1.85. The zero-order chi connectivity index (χ0) is 19.2. The molecule has 2 aliphatic rings. The highest BCUT2D eigenvalue weighted by Gasteiger charge is 2.45. The summed E-state index contributed by atoms with van der Waals surface area (Å²) in [7, 11) is 0. The first-order valence-electron chi connectivity index (χ1n) is 8.94. The summed E-state index contributed by atoms with van der Waals surface area (Å²) in [5.74, 6) is 2.76. The van der Waals surface area contributed by atoms with E-state index in [0.717, 1.165) is 32.8 Å². The molecule has 2 aromatic rings. The maximum Gasteiger partial charge on any atom is 0.143 e. The molecular weight excluding hydrogens is 408 g/mol. The predicted molar refractivity (Wildman–Crippen MR) is 109 cm³/mol. The van der Waals surface area contributed by atoms with Crippen molar-refractivity contribution >= 4 is 21.8 Å². The van der Waals surface area contributed by atoms with E-state index >= 15 is 0 Å². The summed E-state index contributed by atoms with van der Waals surface area (Å²) in [6.45, 7) is 7.78. The van der Waals surface area contributed by atoms with Crippen molar-refractivity contribution in [3.8, 4) is 17.2 Å². The number of ether oxygens (including phenoxy) is 3. The molecule has 27 heavy (non-hydrogen) atoms. The first-order chi connectivity index (χ1) is 12.8. The summed E-state index contributed by atoms with van der Waals surface area (Å²) >= 11 is 3.56. The average Bonchev–Trinajstić information content (AvgIpc) is 2.61. The highest BCUT2D eigenvalue weighted by Crippen LogP contribution is 2.51. The number of halogens is 1. The van der Waals surface area contributed by atoms with Crippen LogP contribution >= 0.6 is 15.9 Å². The van der Waals surface area contributed by atoms with Gasteiger partial charge in [-0.15, -0.1) is 0 Å². The fraction of sp³-hybridized carbons (Fsp3) is 0.381. The fourth-order valence-electron chi connectivity index (χ4n) is 3.38. The fourth-order valence-corrected chi connectivity index (χ4v) is 3.74. The molecule has 0 bridgehead atoms. The molecule has 0 unspecified atom stereocenters. The maximum absolute atomic E-state index is 6.15. The molecule has 0 saturated heterocycles. The van der Waals surface area contributed by atoms with Gasteiger partial charge in [0.1, 0.15) is 35.2 Å². The second-order valence-corrected chi connectivity index (χ2v) is 9.12. The number of benzene rings is 2. The molecule has 0 amide bonds. The van der Waals surface area contributed by atoms with Gasteiger partial charge in [-0.1, -0.05) is 36.7 Å². The highest BCUT2D eigenvalue weighted by atomic mass is 79.9. The topological polar surface area (TPSA) is 66.1 Å². The smallest absolute Gasteiger partial charge is 0.143 e. The molecule has 2 aromatic carbocycles. The van der Waals surface area contributed by atoms with Gasteiger partial charge in [0.2, 0.25) is 0 Å². The van der Waals surface area contributed by atoms with Crippen molar-refractivity contribution in [2.75, 3.05) is 19.8 Å². The third-order valence-corrected chi connectivity index (χ3v) is 5.06. The second kappa shape index (κ2) is 6.53. The molecule has 2 heterocycles. The molecule has 2 N–H and O–H groups in total. The van der Waals surface area contributed by atoms with E-state index in [1.165, 1.54) is 0 Å². The zero-order valence-electron chi connectivity index (χ0n) is 15.7. The lowest BCUT2D eigenvalue weighted by atomic mass is 9.80. The van der Waals surface area contributed by atoms with Crippen LogP contribution in [0.1, 0.15) is 31.9 Å². The van der Waals surface area contributed by atoms with Crippen LogP contribution in [-0.2, 0) is 10.3 Å². The number of hydrogen-bond acceptors (Lipinski definition) is 5. The molecule has 6 heteroatoms. The third kappa shape index (κ3) is 3.44. The van der Waals surface area contributed by atoms with Crippen LogP contribution in [0, 0.1) is 5.41 Å². The van der Waals surface area contributed by atoms with Crippen molar-refractivity contribution in [3.05, 3.63) is 52.0 Å². The molecule has 0 aliphatic carbocycles. The van der Waals surface area contributed by atoms with Crippen LogP contribution in [0.4, 0.5) is 0 Å². The first kappa shape index (κ1) is 18.3. The van der Waals surface area contributed by atoms with E-state index < -0.39 is 5.54 Å². The Morgan fingerprint density at radius 3 is 2.56 bits per heavy atom. The Morgan fingerprint density at radius 2 is 1.85 bits per heavy atom. The normalized spacial score (nSPS) is 21.1. The van der Waals surface area contributed by atoms with Gasteiger partial charge in [0.15, 0.2) is 0 Å². The van der Waals surface area contributed by atoms with Crippen LogP contribution < -0.4 is 15.2 Å². The predicted octanol–water partition coefficient (Wildman–Crippen LogP) is 4.61. The molecular formula is C21H23BrN2O3. The maximum atomic E-state index is 6.15. The Bertz CT molecular complexity index is 920. The molecule has 0 saturated carbocycles. The minimum atomic E-state index is -0.740. The van der Waals surface area contributed by atoms with E-state index in [2.05, 4.69) is 36.7 Å².